The molecule has 0 aliphatic rings. The quantitative estimate of drug-likeness (QED) is 0.201. The Morgan fingerprint density at radius 1 is 0.435 bits per heavy atom. The molecule has 0 saturated heterocycles. The Morgan fingerprint density at radius 3 is 2.09 bits per heavy atom. The minimum Gasteiger partial charge on any atom is -0.456 e. The van der Waals surface area contributed by atoms with Crippen LogP contribution < -0.4 is 0 Å². The molecule has 4 heteroatoms. The second kappa shape index (κ2) is 9.83. The van der Waals surface area contributed by atoms with Gasteiger partial charge in [-0.25, -0.2) is 9.97 Å². The first-order valence-corrected chi connectivity index (χ1v) is 16.2. The van der Waals surface area contributed by atoms with Crippen molar-refractivity contribution in [2.75, 3.05) is 0 Å². The number of hydrogen-bond acceptors (Lipinski definition) is 4. The first kappa shape index (κ1) is 25.5. The van der Waals surface area contributed by atoms with Gasteiger partial charge in [-0.2, -0.15) is 0 Å². The van der Waals surface area contributed by atoms with Gasteiger partial charge in [0, 0.05) is 47.5 Å². The van der Waals surface area contributed by atoms with Crippen molar-refractivity contribution in [1.82, 2.24) is 9.97 Å². The van der Waals surface area contributed by atoms with Crippen LogP contribution in [-0.4, -0.2) is 9.97 Å². The molecule has 0 aliphatic carbocycles. The molecule has 3 aromatic heterocycles. The molecule has 0 saturated carbocycles. The number of rotatable bonds is 3. The summed E-state index contributed by atoms with van der Waals surface area (Å²) in [5.74, 6) is 0.718. The maximum Gasteiger partial charge on any atom is 0.160 e. The van der Waals surface area contributed by atoms with Crippen LogP contribution in [0.5, 0.6) is 0 Å². The summed E-state index contributed by atoms with van der Waals surface area (Å²) in [6.45, 7) is 0. The fourth-order valence-electron chi connectivity index (χ4n) is 6.83. The van der Waals surface area contributed by atoms with E-state index in [0.29, 0.717) is 0 Å². The predicted molar refractivity (Wildman–Crippen MR) is 194 cm³/mol. The van der Waals surface area contributed by atoms with Gasteiger partial charge in [0.2, 0.25) is 0 Å². The number of benzene rings is 7. The molecule has 10 rings (SSSR count). The average molecular weight is 605 g/mol. The van der Waals surface area contributed by atoms with Crippen molar-refractivity contribution in [3.8, 4) is 33.8 Å². The Balaban J connectivity index is 1.22. The van der Waals surface area contributed by atoms with Crippen LogP contribution in [0.1, 0.15) is 0 Å². The zero-order chi connectivity index (χ0) is 30.2. The maximum atomic E-state index is 6.10. The van der Waals surface area contributed by atoms with Gasteiger partial charge in [0.1, 0.15) is 11.2 Å². The normalized spacial score (nSPS) is 11.9. The number of hydrogen-bond donors (Lipinski definition) is 0. The lowest BCUT2D eigenvalue weighted by atomic mass is 9.99. The second-order valence-corrected chi connectivity index (χ2v) is 12.9. The molecule has 0 unspecified atom stereocenters. The summed E-state index contributed by atoms with van der Waals surface area (Å²) in [6.07, 6.45) is 0. The van der Waals surface area contributed by atoms with Crippen molar-refractivity contribution in [3.63, 3.8) is 0 Å². The third-order valence-corrected chi connectivity index (χ3v) is 10.2. The molecule has 0 amide bonds. The van der Waals surface area contributed by atoms with Gasteiger partial charge in [0.25, 0.3) is 0 Å². The van der Waals surface area contributed by atoms with Crippen LogP contribution in [0.2, 0.25) is 0 Å². The highest BCUT2D eigenvalue weighted by molar-refractivity contribution is 7.26. The van der Waals surface area contributed by atoms with Crippen molar-refractivity contribution < 1.29 is 4.42 Å². The van der Waals surface area contributed by atoms with Gasteiger partial charge in [-0.3, -0.25) is 0 Å². The summed E-state index contributed by atoms with van der Waals surface area (Å²) in [6, 6.07) is 51.3. The lowest BCUT2D eigenvalue weighted by molar-refractivity contribution is 0.669. The standard InChI is InChI=1S/C42H24N2OS/c1-2-9-25(10-3-1)40-32-18-20-37-39(34-23-27-11-4-5-12-28(27)24-38(34)46-37)41(32)44-42(43-40)30-14-8-13-26(21-30)29-17-19-36-33(22-29)31-15-6-7-16-35(31)45-36/h1-24H. The van der Waals surface area contributed by atoms with Crippen LogP contribution in [0.4, 0.5) is 0 Å². The van der Waals surface area contributed by atoms with Crippen molar-refractivity contribution >= 4 is 75.1 Å². The smallest absolute Gasteiger partial charge is 0.160 e. The SMILES string of the molecule is c1ccc(-c2nc(-c3cccc(-c4ccc5oc6ccccc6c5c4)c3)nc3c2ccc2sc4cc5ccccc5cc4c23)cc1. The second-order valence-electron chi connectivity index (χ2n) is 11.8. The van der Waals surface area contributed by atoms with E-state index in [-0.39, 0.29) is 0 Å². The van der Waals surface area contributed by atoms with E-state index in [2.05, 4.69) is 127 Å². The largest absolute Gasteiger partial charge is 0.456 e. The van der Waals surface area contributed by atoms with E-state index in [1.807, 2.05) is 29.5 Å². The van der Waals surface area contributed by atoms with E-state index in [4.69, 9.17) is 14.4 Å². The average Bonchev–Trinajstić information content (AvgIpc) is 3.68. The number of para-hydroxylation sites is 1. The number of thiophene rings is 1. The first-order valence-electron chi connectivity index (χ1n) is 15.4. The zero-order valence-electron chi connectivity index (χ0n) is 24.6. The van der Waals surface area contributed by atoms with Crippen LogP contribution >= 0.6 is 11.3 Å². The molecule has 0 radical (unpaired) electrons. The third kappa shape index (κ3) is 3.91. The van der Waals surface area contributed by atoms with E-state index >= 15 is 0 Å². The van der Waals surface area contributed by atoms with Crippen LogP contribution in [0, 0.1) is 0 Å². The highest BCUT2D eigenvalue weighted by atomic mass is 32.1. The molecule has 46 heavy (non-hydrogen) atoms. The molecule has 0 bridgehead atoms. The summed E-state index contributed by atoms with van der Waals surface area (Å²) in [5, 5.41) is 8.22. The Morgan fingerprint density at radius 2 is 1.17 bits per heavy atom. The van der Waals surface area contributed by atoms with Crippen molar-refractivity contribution in [2.24, 2.45) is 0 Å². The van der Waals surface area contributed by atoms with Gasteiger partial charge >= 0.3 is 0 Å². The van der Waals surface area contributed by atoms with E-state index < -0.39 is 0 Å². The van der Waals surface area contributed by atoms with E-state index in [9.17, 15) is 0 Å². The third-order valence-electron chi connectivity index (χ3n) is 9.05. The van der Waals surface area contributed by atoms with Gasteiger partial charge in [0.15, 0.2) is 5.82 Å². The molecule has 0 aliphatic heterocycles. The molecular weight excluding hydrogens is 581 g/mol. The Hall–Kier alpha value is -5.84. The fraction of sp³-hybridized carbons (Fsp3) is 0. The topological polar surface area (TPSA) is 38.9 Å². The molecule has 0 spiro atoms. The predicted octanol–water partition coefficient (Wildman–Crippen LogP) is 12.1. The monoisotopic (exact) mass is 604 g/mol. The highest BCUT2D eigenvalue weighted by Crippen LogP contribution is 2.42. The number of fused-ring (bicyclic) bond motifs is 9. The van der Waals surface area contributed by atoms with E-state index in [1.54, 1.807) is 0 Å². The minimum absolute atomic E-state index is 0.718. The van der Waals surface area contributed by atoms with Crippen LogP contribution in [0.25, 0.3) is 97.6 Å². The van der Waals surface area contributed by atoms with Gasteiger partial charge in [-0.15, -0.1) is 11.3 Å². The van der Waals surface area contributed by atoms with Crippen molar-refractivity contribution in [2.45, 2.75) is 0 Å². The molecule has 3 nitrogen and oxygen atoms in total. The van der Waals surface area contributed by atoms with Crippen LogP contribution in [0.3, 0.4) is 0 Å². The Labute approximate surface area is 268 Å². The van der Waals surface area contributed by atoms with Crippen molar-refractivity contribution in [3.05, 3.63) is 146 Å². The van der Waals surface area contributed by atoms with Crippen LogP contribution in [0.15, 0.2) is 150 Å². The molecule has 3 heterocycles. The summed E-state index contributed by atoms with van der Waals surface area (Å²) in [5.41, 5.74) is 8.03. The summed E-state index contributed by atoms with van der Waals surface area (Å²) < 4.78 is 8.60. The molecule has 10 aromatic rings. The van der Waals surface area contributed by atoms with E-state index in [0.717, 1.165) is 66.6 Å². The van der Waals surface area contributed by atoms with Crippen molar-refractivity contribution in [1.29, 1.82) is 0 Å². The van der Waals surface area contributed by atoms with E-state index in [1.165, 1.54) is 30.9 Å². The number of aromatic nitrogens is 2. The lowest BCUT2D eigenvalue weighted by Crippen LogP contribution is -1.96. The fourth-order valence-corrected chi connectivity index (χ4v) is 7.97. The van der Waals surface area contributed by atoms with Gasteiger partial charge in [-0.1, -0.05) is 97.1 Å². The lowest BCUT2D eigenvalue weighted by Gasteiger charge is -2.12. The number of furan rings is 1. The Bertz CT molecular complexity index is 2810. The van der Waals surface area contributed by atoms with Gasteiger partial charge in [0.05, 0.1) is 11.2 Å². The molecule has 0 fully saturated rings. The molecule has 214 valence electrons. The Kier molecular flexibility index (Phi) is 5.45. The molecular formula is C42H24N2OS. The summed E-state index contributed by atoms with van der Waals surface area (Å²) in [4.78, 5) is 10.6. The van der Waals surface area contributed by atoms with Crippen LogP contribution in [-0.2, 0) is 0 Å². The molecule has 7 aromatic carbocycles. The number of nitrogens with zero attached hydrogens (tertiary/aromatic N) is 2. The molecule has 0 N–H and O–H groups in total. The minimum atomic E-state index is 0.718. The summed E-state index contributed by atoms with van der Waals surface area (Å²) in [7, 11) is 0. The zero-order valence-corrected chi connectivity index (χ0v) is 25.4. The van der Waals surface area contributed by atoms with Gasteiger partial charge in [-0.05, 0) is 70.4 Å². The highest BCUT2D eigenvalue weighted by Gasteiger charge is 2.18. The molecule has 0 atom stereocenters. The summed E-state index contributed by atoms with van der Waals surface area (Å²) >= 11 is 1.83. The maximum absolute atomic E-state index is 6.10. The first-order chi connectivity index (χ1) is 22.8. The van der Waals surface area contributed by atoms with Gasteiger partial charge < -0.3 is 4.42 Å².